The molecule has 2 aromatic rings. The van der Waals surface area contributed by atoms with E-state index in [1.165, 1.54) is 7.11 Å². The number of urea groups is 2. The van der Waals surface area contributed by atoms with Crippen molar-refractivity contribution in [2.45, 2.75) is 33.2 Å². The van der Waals surface area contributed by atoms with E-state index >= 15 is 0 Å². The lowest BCUT2D eigenvalue weighted by Crippen LogP contribution is -2.48. The maximum absolute atomic E-state index is 12.6. The van der Waals surface area contributed by atoms with E-state index in [0.717, 1.165) is 12.0 Å². The van der Waals surface area contributed by atoms with Gasteiger partial charge in [0.2, 0.25) is 0 Å². The van der Waals surface area contributed by atoms with Gasteiger partial charge in [-0.2, -0.15) is 0 Å². The zero-order valence-electron chi connectivity index (χ0n) is 18.7. The lowest BCUT2D eigenvalue weighted by Gasteiger charge is -2.35. The second-order valence-electron chi connectivity index (χ2n) is 7.60. The number of amides is 4. The summed E-state index contributed by atoms with van der Waals surface area (Å²) in [6, 6.07) is 13.2. The van der Waals surface area contributed by atoms with Crippen molar-refractivity contribution >= 4 is 29.4 Å². The van der Waals surface area contributed by atoms with Crippen LogP contribution in [0.4, 0.5) is 21.0 Å². The number of rotatable bonds is 6. The quantitative estimate of drug-likeness (QED) is 0.578. The summed E-state index contributed by atoms with van der Waals surface area (Å²) < 4.78 is 4.97. The van der Waals surface area contributed by atoms with E-state index in [9.17, 15) is 14.4 Å². The highest BCUT2D eigenvalue weighted by atomic mass is 16.5. The van der Waals surface area contributed by atoms with Crippen LogP contribution in [0.15, 0.2) is 59.8 Å². The highest BCUT2D eigenvalue weighted by molar-refractivity contribution is 6.00. The van der Waals surface area contributed by atoms with E-state index < -0.39 is 12.0 Å². The molecule has 1 aliphatic rings. The van der Waals surface area contributed by atoms with Crippen molar-refractivity contribution in [2.75, 3.05) is 24.3 Å². The fourth-order valence-electron chi connectivity index (χ4n) is 3.67. The molecule has 168 valence electrons. The molecule has 0 aliphatic carbocycles. The molecule has 0 spiro atoms. The number of methoxy groups -OCH3 is 1. The Balaban J connectivity index is 1.78. The number of hydrogen-bond acceptors (Lipinski definition) is 4. The first-order chi connectivity index (χ1) is 15.3. The number of anilines is 2. The minimum Gasteiger partial charge on any atom is -0.466 e. The van der Waals surface area contributed by atoms with Gasteiger partial charge in [0.1, 0.15) is 0 Å². The molecule has 0 bridgehead atoms. The monoisotopic (exact) mass is 436 g/mol. The van der Waals surface area contributed by atoms with E-state index in [1.807, 2.05) is 38.1 Å². The van der Waals surface area contributed by atoms with Gasteiger partial charge >= 0.3 is 18.0 Å². The molecular formula is C24H28N4O4. The smallest absolute Gasteiger partial charge is 0.337 e. The Hall–Kier alpha value is -3.81. The van der Waals surface area contributed by atoms with Crippen molar-refractivity contribution in [3.63, 3.8) is 0 Å². The molecule has 0 radical (unpaired) electrons. The number of carbonyl (C=O) groups excluding carboxylic acids is 3. The number of ether oxygens (including phenoxy) is 1. The number of hydrogen-bond donors (Lipinski definition) is 3. The average Bonchev–Trinajstić information content (AvgIpc) is 2.76. The summed E-state index contributed by atoms with van der Waals surface area (Å²) in [7, 11) is 1.32. The maximum Gasteiger partial charge on any atom is 0.337 e. The molecule has 4 amide bonds. The third-order valence-corrected chi connectivity index (χ3v) is 5.23. The summed E-state index contributed by atoms with van der Waals surface area (Å²) in [5, 5.41) is 8.45. The first kappa shape index (κ1) is 22.9. The topological polar surface area (TPSA) is 99.8 Å². The summed E-state index contributed by atoms with van der Waals surface area (Å²) in [5.74, 6) is -0.492. The molecule has 8 nitrogen and oxygen atoms in total. The second kappa shape index (κ2) is 10.00. The zero-order valence-corrected chi connectivity index (χ0v) is 18.7. The summed E-state index contributed by atoms with van der Waals surface area (Å²) in [6.07, 6.45) is 0.759. The number of benzene rings is 2. The minimum atomic E-state index is -0.641. The summed E-state index contributed by atoms with van der Waals surface area (Å²) in [4.78, 5) is 39.0. The van der Waals surface area contributed by atoms with Gasteiger partial charge in [-0.25, -0.2) is 14.4 Å². The SMILES string of the molecule is CCCN1C(=O)NC(c2ccc(NC(=O)Nc3cccc(C)c3)cc2)C(C(=O)OC)=C1C. The first-order valence-electron chi connectivity index (χ1n) is 10.5. The van der Waals surface area contributed by atoms with Crippen LogP contribution in [0, 0.1) is 6.92 Å². The molecule has 1 unspecified atom stereocenters. The second-order valence-corrected chi connectivity index (χ2v) is 7.60. The van der Waals surface area contributed by atoms with Gasteiger partial charge < -0.3 is 20.7 Å². The van der Waals surface area contributed by atoms with Crippen LogP contribution < -0.4 is 16.0 Å². The highest BCUT2D eigenvalue weighted by Gasteiger charge is 2.35. The van der Waals surface area contributed by atoms with Gasteiger partial charge in [-0.3, -0.25) is 4.90 Å². The fraction of sp³-hybridized carbons (Fsp3) is 0.292. The summed E-state index contributed by atoms with van der Waals surface area (Å²) >= 11 is 0. The van der Waals surface area contributed by atoms with Crippen LogP contribution in [0.1, 0.15) is 37.4 Å². The Morgan fingerprint density at radius 1 is 1.06 bits per heavy atom. The van der Waals surface area contributed by atoms with Crippen LogP contribution in [0.2, 0.25) is 0 Å². The molecule has 8 heteroatoms. The molecule has 2 aromatic carbocycles. The molecule has 1 heterocycles. The van der Waals surface area contributed by atoms with Crippen molar-refractivity contribution < 1.29 is 19.1 Å². The predicted octanol–water partition coefficient (Wildman–Crippen LogP) is 4.56. The number of aryl methyl sites for hydroxylation is 1. The third-order valence-electron chi connectivity index (χ3n) is 5.23. The molecular weight excluding hydrogens is 408 g/mol. The van der Waals surface area contributed by atoms with Crippen LogP contribution in [0.25, 0.3) is 0 Å². The molecule has 3 rings (SSSR count). The van der Waals surface area contributed by atoms with Crippen LogP contribution >= 0.6 is 0 Å². The van der Waals surface area contributed by atoms with Gasteiger partial charge in [-0.15, -0.1) is 0 Å². The minimum absolute atomic E-state index is 0.262. The average molecular weight is 437 g/mol. The number of carbonyl (C=O) groups is 3. The van der Waals surface area contributed by atoms with E-state index in [-0.39, 0.29) is 12.1 Å². The lowest BCUT2D eigenvalue weighted by molar-refractivity contribution is -0.136. The van der Waals surface area contributed by atoms with Crippen molar-refractivity contribution in [3.8, 4) is 0 Å². The first-order valence-corrected chi connectivity index (χ1v) is 10.5. The van der Waals surface area contributed by atoms with Gasteiger partial charge in [-0.05, 0) is 55.7 Å². The van der Waals surface area contributed by atoms with E-state index in [0.29, 0.717) is 34.8 Å². The van der Waals surface area contributed by atoms with Crippen molar-refractivity contribution in [3.05, 3.63) is 70.9 Å². The predicted molar refractivity (Wildman–Crippen MR) is 123 cm³/mol. The van der Waals surface area contributed by atoms with E-state index in [4.69, 9.17) is 4.74 Å². The Morgan fingerprint density at radius 2 is 1.75 bits per heavy atom. The number of nitrogens with zero attached hydrogens (tertiary/aromatic N) is 1. The van der Waals surface area contributed by atoms with Gasteiger partial charge in [0.15, 0.2) is 0 Å². The molecule has 1 aliphatic heterocycles. The molecule has 32 heavy (non-hydrogen) atoms. The fourth-order valence-corrected chi connectivity index (χ4v) is 3.67. The molecule has 3 N–H and O–H groups in total. The largest absolute Gasteiger partial charge is 0.466 e. The maximum atomic E-state index is 12.6. The Bertz CT molecular complexity index is 1050. The normalized spacial score (nSPS) is 15.8. The van der Waals surface area contributed by atoms with Crippen LogP contribution in [-0.2, 0) is 9.53 Å². The molecule has 0 aromatic heterocycles. The highest BCUT2D eigenvalue weighted by Crippen LogP contribution is 2.32. The van der Waals surface area contributed by atoms with Crippen molar-refractivity contribution in [2.24, 2.45) is 0 Å². The third kappa shape index (κ3) is 5.08. The van der Waals surface area contributed by atoms with Crippen molar-refractivity contribution in [1.29, 1.82) is 0 Å². The van der Waals surface area contributed by atoms with Gasteiger partial charge in [0.25, 0.3) is 0 Å². The van der Waals surface area contributed by atoms with Crippen LogP contribution in [0.3, 0.4) is 0 Å². The Morgan fingerprint density at radius 3 is 2.38 bits per heavy atom. The van der Waals surface area contributed by atoms with Gasteiger partial charge in [0.05, 0.1) is 18.7 Å². The summed E-state index contributed by atoms with van der Waals surface area (Å²) in [6.45, 7) is 6.17. The van der Waals surface area contributed by atoms with Crippen LogP contribution in [0.5, 0.6) is 0 Å². The molecule has 0 saturated carbocycles. The number of esters is 1. The number of nitrogens with one attached hydrogen (secondary N) is 3. The molecule has 1 atom stereocenters. The Kier molecular flexibility index (Phi) is 7.14. The standard InChI is InChI=1S/C24H28N4O4/c1-5-13-28-16(3)20(22(29)32-4)21(27-24(28)31)17-9-11-18(12-10-17)25-23(30)26-19-8-6-7-15(2)14-19/h6-12,14,21H,5,13H2,1-4H3,(H,27,31)(H2,25,26,30). The lowest BCUT2D eigenvalue weighted by atomic mass is 9.94. The molecule has 0 saturated heterocycles. The van der Waals surface area contributed by atoms with E-state index in [1.54, 1.807) is 36.1 Å². The molecule has 0 fully saturated rings. The number of allylic oxidation sites excluding steroid dienone is 1. The zero-order chi connectivity index (χ0) is 23.3. The van der Waals surface area contributed by atoms with Gasteiger partial charge in [0, 0.05) is 23.6 Å². The van der Waals surface area contributed by atoms with Gasteiger partial charge in [-0.1, -0.05) is 31.2 Å². The van der Waals surface area contributed by atoms with Crippen molar-refractivity contribution in [1.82, 2.24) is 10.2 Å². The van der Waals surface area contributed by atoms with E-state index in [2.05, 4.69) is 16.0 Å². The Labute approximate surface area is 187 Å². The van der Waals surface area contributed by atoms with Crippen LogP contribution in [-0.4, -0.2) is 36.6 Å². The summed E-state index contributed by atoms with van der Waals surface area (Å²) in [5.41, 5.74) is 3.99.